The predicted molar refractivity (Wildman–Crippen MR) is 96.7 cm³/mol. The number of pyridine rings is 1. The van der Waals surface area contributed by atoms with Gasteiger partial charge in [0, 0.05) is 24.8 Å². The lowest BCUT2D eigenvalue weighted by atomic mass is 10.1. The fourth-order valence-electron chi connectivity index (χ4n) is 2.50. The monoisotopic (exact) mass is 361 g/mol. The van der Waals surface area contributed by atoms with Gasteiger partial charge >= 0.3 is 0 Å². The molecule has 0 aliphatic carbocycles. The molecule has 0 aliphatic rings. The van der Waals surface area contributed by atoms with Gasteiger partial charge in [-0.25, -0.2) is 8.42 Å². The van der Waals surface area contributed by atoms with Gasteiger partial charge in [-0.15, -0.1) is 0 Å². The van der Waals surface area contributed by atoms with Crippen LogP contribution >= 0.6 is 0 Å². The molecular formula is C18H23N3O3S. The highest BCUT2D eigenvalue weighted by atomic mass is 32.2. The average molecular weight is 361 g/mol. The van der Waals surface area contributed by atoms with Crippen molar-refractivity contribution in [3.8, 4) is 0 Å². The molecule has 0 spiro atoms. The number of nitrogens with one attached hydrogen (secondary N) is 1. The van der Waals surface area contributed by atoms with E-state index in [-0.39, 0.29) is 16.8 Å². The van der Waals surface area contributed by atoms with Gasteiger partial charge in [0.1, 0.15) is 0 Å². The topological polar surface area (TPSA) is 79.4 Å². The number of aromatic nitrogens is 1. The van der Waals surface area contributed by atoms with Gasteiger partial charge in [-0.3, -0.25) is 9.78 Å². The Morgan fingerprint density at radius 1 is 1.16 bits per heavy atom. The molecular weight excluding hydrogens is 338 g/mol. The minimum Gasteiger partial charge on any atom is -0.344 e. The fraction of sp³-hybridized carbons (Fsp3) is 0.333. The van der Waals surface area contributed by atoms with Gasteiger partial charge in [0.2, 0.25) is 10.0 Å². The molecule has 0 radical (unpaired) electrons. The number of sulfonamides is 1. The first-order chi connectivity index (χ1) is 11.9. The Labute approximate surface area is 148 Å². The second kappa shape index (κ2) is 8.22. The zero-order valence-corrected chi connectivity index (χ0v) is 15.5. The first-order valence-corrected chi connectivity index (χ1v) is 9.66. The maximum Gasteiger partial charge on any atom is 0.251 e. The molecule has 1 heterocycles. The first-order valence-electron chi connectivity index (χ1n) is 8.22. The van der Waals surface area contributed by atoms with Crippen molar-refractivity contribution in [1.29, 1.82) is 0 Å². The summed E-state index contributed by atoms with van der Waals surface area (Å²) in [4.78, 5) is 16.8. The Kier molecular flexibility index (Phi) is 6.27. The molecule has 0 saturated heterocycles. The summed E-state index contributed by atoms with van der Waals surface area (Å²) in [6.45, 7) is 6.16. The van der Waals surface area contributed by atoms with Gasteiger partial charge in [0.15, 0.2) is 0 Å². The Morgan fingerprint density at radius 3 is 2.48 bits per heavy atom. The van der Waals surface area contributed by atoms with E-state index in [9.17, 15) is 13.2 Å². The molecule has 25 heavy (non-hydrogen) atoms. The Morgan fingerprint density at radius 2 is 1.88 bits per heavy atom. The van der Waals surface area contributed by atoms with Gasteiger partial charge in [0.05, 0.1) is 16.6 Å². The highest BCUT2D eigenvalue weighted by molar-refractivity contribution is 7.89. The first kappa shape index (κ1) is 19.1. The molecule has 134 valence electrons. The van der Waals surface area contributed by atoms with Gasteiger partial charge in [0.25, 0.3) is 5.91 Å². The van der Waals surface area contributed by atoms with E-state index in [4.69, 9.17) is 0 Å². The van der Waals surface area contributed by atoms with Crippen LogP contribution in [0.3, 0.4) is 0 Å². The SMILES string of the molecule is CCN(CC)S(=O)(=O)c1cccc(C(=O)NC(C)c2ccccn2)c1. The molecule has 0 bridgehead atoms. The summed E-state index contributed by atoms with van der Waals surface area (Å²) in [6, 6.07) is 11.3. The second-order valence-corrected chi connectivity index (χ2v) is 7.50. The van der Waals surface area contributed by atoms with Crippen molar-refractivity contribution in [2.45, 2.75) is 31.7 Å². The van der Waals surface area contributed by atoms with Crippen LogP contribution in [-0.2, 0) is 10.0 Å². The van der Waals surface area contributed by atoms with E-state index in [1.165, 1.54) is 16.4 Å². The molecule has 1 aromatic carbocycles. The summed E-state index contributed by atoms with van der Waals surface area (Å²) >= 11 is 0. The molecule has 1 unspecified atom stereocenters. The van der Waals surface area contributed by atoms with E-state index in [1.54, 1.807) is 38.2 Å². The largest absolute Gasteiger partial charge is 0.344 e. The highest BCUT2D eigenvalue weighted by Crippen LogP contribution is 2.18. The minimum atomic E-state index is -3.60. The van der Waals surface area contributed by atoms with Crippen molar-refractivity contribution >= 4 is 15.9 Å². The third kappa shape index (κ3) is 4.43. The lowest BCUT2D eigenvalue weighted by Gasteiger charge is -2.19. The van der Waals surface area contributed by atoms with Crippen LogP contribution < -0.4 is 5.32 Å². The maximum atomic E-state index is 12.6. The van der Waals surface area contributed by atoms with Gasteiger partial charge < -0.3 is 5.32 Å². The fourth-order valence-corrected chi connectivity index (χ4v) is 4.00. The summed E-state index contributed by atoms with van der Waals surface area (Å²) in [5, 5.41) is 2.84. The van der Waals surface area contributed by atoms with E-state index in [0.717, 1.165) is 5.69 Å². The van der Waals surface area contributed by atoms with Gasteiger partial charge in [-0.05, 0) is 37.3 Å². The number of hydrogen-bond acceptors (Lipinski definition) is 4. The molecule has 1 atom stereocenters. The number of carbonyl (C=O) groups is 1. The van der Waals surface area contributed by atoms with Crippen LogP contribution in [-0.4, -0.2) is 36.7 Å². The van der Waals surface area contributed by atoms with Crippen LogP contribution in [0.1, 0.15) is 42.9 Å². The smallest absolute Gasteiger partial charge is 0.251 e. The molecule has 2 aromatic rings. The molecule has 0 aliphatic heterocycles. The number of amides is 1. The zero-order valence-electron chi connectivity index (χ0n) is 14.6. The van der Waals surface area contributed by atoms with Crippen LogP contribution in [0, 0.1) is 0 Å². The molecule has 2 rings (SSSR count). The summed E-state index contributed by atoms with van der Waals surface area (Å²) in [7, 11) is -3.60. The molecule has 0 fully saturated rings. The number of hydrogen-bond donors (Lipinski definition) is 1. The van der Waals surface area contributed by atoms with Crippen LogP contribution in [0.15, 0.2) is 53.6 Å². The minimum absolute atomic E-state index is 0.120. The zero-order chi connectivity index (χ0) is 18.4. The Hall–Kier alpha value is -2.25. The number of benzene rings is 1. The molecule has 1 amide bonds. The van der Waals surface area contributed by atoms with E-state index in [2.05, 4.69) is 10.3 Å². The molecule has 1 N–H and O–H groups in total. The molecule has 0 saturated carbocycles. The van der Waals surface area contributed by atoms with Crippen LogP contribution in [0.4, 0.5) is 0 Å². The van der Waals surface area contributed by atoms with Crippen LogP contribution in [0.25, 0.3) is 0 Å². The Balaban J connectivity index is 2.22. The van der Waals surface area contributed by atoms with Crippen LogP contribution in [0.2, 0.25) is 0 Å². The summed E-state index contributed by atoms with van der Waals surface area (Å²) in [5.74, 6) is -0.338. The Bertz CT molecular complexity index is 818. The van der Waals surface area contributed by atoms with Crippen molar-refractivity contribution in [2.75, 3.05) is 13.1 Å². The summed E-state index contributed by atoms with van der Waals surface area (Å²) < 4.78 is 26.6. The van der Waals surface area contributed by atoms with Crippen molar-refractivity contribution in [3.63, 3.8) is 0 Å². The number of carbonyl (C=O) groups excluding carboxylic acids is 1. The predicted octanol–water partition coefficient (Wildman–Crippen LogP) is 2.60. The second-order valence-electron chi connectivity index (χ2n) is 5.57. The standard InChI is InChI=1S/C18H23N3O3S/c1-4-21(5-2)25(23,24)16-10-8-9-15(13-16)18(22)20-14(3)17-11-6-7-12-19-17/h6-14H,4-5H2,1-3H3,(H,20,22). The van der Waals surface area contributed by atoms with Gasteiger partial charge in [-0.2, -0.15) is 4.31 Å². The number of rotatable bonds is 7. The average Bonchev–Trinajstić information content (AvgIpc) is 2.63. The van der Waals surface area contributed by atoms with E-state index in [0.29, 0.717) is 18.7 Å². The van der Waals surface area contributed by atoms with Crippen molar-refractivity contribution in [1.82, 2.24) is 14.6 Å². The summed E-state index contributed by atoms with van der Waals surface area (Å²) in [5.41, 5.74) is 1.04. The van der Waals surface area contributed by atoms with Gasteiger partial charge in [-0.1, -0.05) is 26.0 Å². The normalized spacial score (nSPS) is 12.8. The van der Waals surface area contributed by atoms with Crippen molar-refractivity contribution in [2.24, 2.45) is 0 Å². The number of nitrogens with zero attached hydrogens (tertiary/aromatic N) is 2. The molecule has 1 aromatic heterocycles. The van der Waals surface area contributed by atoms with Crippen molar-refractivity contribution < 1.29 is 13.2 Å². The summed E-state index contributed by atoms with van der Waals surface area (Å²) in [6.07, 6.45) is 1.66. The quantitative estimate of drug-likeness (QED) is 0.822. The third-order valence-corrected chi connectivity index (χ3v) is 5.96. The van der Waals surface area contributed by atoms with Crippen molar-refractivity contribution in [3.05, 3.63) is 59.9 Å². The maximum absolute atomic E-state index is 12.6. The van der Waals surface area contributed by atoms with E-state index in [1.807, 2.05) is 19.1 Å². The molecule has 6 nitrogen and oxygen atoms in total. The van der Waals surface area contributed by atoms with Crippen LogP contribution in [0.5, 0.6) is 0 Å². The van der Waals surface area contributed by atoms with E-state index >= 15 is 0 Å². The third-order valence-electron chi connectivity index (χ3n) is 3.92. The lowest BCUT2D eigenvalue weighted by Crippen LogP contribution is -2.31. The van der Waals surface area contributed by atoms with E-state index < -0.39 is 10.0 Å². The highest BCUT2D eigenvalue weighted by Gasteiger charge is 2.22. The molecule has 7 heteroatoms. The lowest BCUT2D eigenvalue weighted by molar-refractivity contribution is 0.0939.